The number of nitrogens with one attached hydrogen (secondary N) is 1. The standard InChI is InChI=1S/C11H11ClN2O5/c12-7-5-13-4-3-6(7)10(17)14-8(11(18)19)1-2-9(15)16/h3-5,8H,1-2H2,(H,14,17)(H,15,16)(H,18,19)/t8-/m0/s1. The van der Waals surface area contributed by atoms with Crippen molar-refractivity contribution in [3.8, 4) is 0 Å². The first-order chi connectivity index (χ1) is 8.91. The average Bonchev–Trinajstić information content (AvgIpc) is 2.34. The zero-order chi connectivity index (χ0) is 14.4. The number of aliphatic carboxylic acids is 2. The van der Waals surface area contributed by atoms with Gasteiger partial charge in [0.15, 0.2) is 0 Å². The van der Waals surface area contributed by atoms with E-state index in [1.54, 1.807) is 0 Å². The van der Waals surface area contributed by atoms with Gasteiger partial charge in [-0.1, -0.05) is 11.6 Å². The van der Waals surface area contributed by atoms with Gasteiger partial charge in [0.25, 0.3) is 5.91 Å². The van der Waals surface area contributed by atoms with Crippen molar-refractivity contribution in [3.05, 3.63) is 29.0 Å². The van der Waals surface area contributed by atoms with E-state index in [2.05, 4.69) is 10.3 Å². The number of aromatic nitrogens is 1. The van der Waals surface area contributed by atoms with E-state index >= 15 is 0 Å². The SMILES string of the molecule is O=C(O)CC[C@H](NC(=O)c1ccncc1Cl)C(=O)O. The van der Waals surface area contributed by atoms with E-state index in [1.165, 1.54) is 18.5 Å². The van der Waals surface area contributed by atoms with Crippen molar-refractivity contribution >= 4 is 29.4 Å². The number of hydrogen-bond donors (Lipinski definition) is 3. The molecule has 1 amide bonds. The van der Waals surface area contributed by atoms with Crippen molar-refractivity contribution in [2.24, 2.45) is 0 Å². The van der Waals surface area contributed by atoms with Crippen molar-refractivity contribution in [2.75, 3.05) is 0 Å². The number of carboxylic acids is 2. The van der Waals surface area contributed by atoms with Gasteiger partial charge in [-0.25, -0.2) is 4.79 Å². The number of rotatable bonds is 6. The molecule has 0 bridgehead atoms. The number of carbonyl (C=O) groups is 3. The Labute approximate surface area is 113 Å². The zero-order valence-corrected chi connectivity index (χ0v) is 10.4. The van der Waals surface area contributed by atoms with Crippen LogP contribution in [-0.2, 0) is 9.59 Å². The second-order valence-electron chi connectivity index (χ2n) is 3.65. The Hall–Kier alpha value is -2.15. The molecule has 102 valence electrons. The second-order valence-corrected chi connectivity index (χ2v) is 4.06. The smallest absolute Gasteiger partial charge is 0.326 e. The molecule has 0 fully saturated rings. The predicted molar refractivity (Wildman–Crippen MR) is 65.0 cm³/mol. The molecular formula is C11H11ClN2O5. The number of hydrogen-bond acceptors (Lipinski definition) is 4. The lowest BCUT2D eigenvalue weighted by atomic mass is 10.1. The minimum absolute atomic E-state index is 0.0817. The molecule has 0 saturated heterocycles. The first-order valence-corrected chi connectivity index (χ1v) is 5.64. The van der Waals surface area contributed by atoms with Crippen LogP contribution in [0.25, 0.3) is 0 Å². The summed E-state index contributed by atoms with van der Waals surface area (Å²) in [6, 6.07) is 0.0566. The molecule has 7 nitrogen and oxygen atoms in total. The lowest BCUT2D eigenvalue weighted by Gasteiger charge is -2.13. The monoisotopic (exact) mass is 286 g/mol. The number of amides is 1. The Bertz CT molecular complexity index is 506. The van der Waals surface area contributed by atoms with Gasteiger partial charge >= 0.3 is 11.9 Å². The van der Waals surface area contributed by atoms with E-state index in [4.69, 9.17) is 21.8 Å². The normalized spacial score (nSPS) is 11.6. The minimum atomic E-state index is -1.31. The van der Waals surface area contributed by atoms with Crippen molar-refractivity contribution in [1.29, 1.82) is 0 Å². The summed E-state index contributed by atoms with van der Waals surface area (Å²) < 4.78 is 0. The maximum absolute atomic E-state index is 11.8. The summed E-state index contributed by atoms with van der Waals surface area (Å²) in [6.07, 6.45) is 2.03. The molecule has 1 aromatic rings. The van der Waals surface area contributed by atoms with E-state index in [0.717, 1.165) is 0 Å². The van der Waals surface area contributed by atoms with E-state index in [9.17, 15) is 14.4 Å². The molecule has 0 aliphatic carbocycles. The van der Waals surface area contributed by atoms with Gasteiger partial charge < -0.3 is 15.5 Å². The summed E-state index contributed by atoms with van der Waals surface area (Å²) in [7, 11) is 0. The third-order valence-corrected chi connectivity index (χ3v) is 2.57. The van der Waals surface area contributed by atoms with Crippen LogP contribution in [0.2, 0.25) is 5.02 Å². The molecule has 3 N–H and O–H groups in total. The van der Waals surface area contributed by atoms with Crippen LogP contribution in [0, 0.1) is 0 Å². The van der Waals surface area contributed by atoms with Crippen LogP contribution in [0.3, 0.4) is 0 Å². The van der Waals surface area contributed by atoms with Crippen LogP contribution in [0.5, 0.6) is 0 Å². The fourth-order valence-corrected chi connectivity index (χ4v) is 1.53. The molecule has 1 rings (SSSR count). The topological polar surface area (TPSA) is 117 Å². The molecule has 19 heavy (non-hydrogen) atoms. The van der Waals surface area contributed by atoms with Crippen LogP contribution < -0.4 is 5.32 Å². The van der Waals surface area contributed by atoms with Crippen LogP contribution in [0.15, 0.2) is 18.5 Å². The highest BCUT2D eigenvalue weighted by Gasteiger charge is 2.22. The van der Waals surface area contributed by atoms with Crippen molar-refractivity contribution in [1.82, 2.24) is 10.3 Å². The predicted octanol–water partition coefficient (Wildman–Crippen LogP) is 0.783. The fraction of sp³-hybridized carbons (Fsp3) is 0.273. The van der Waals surface area contributed by atoms with Crippen molar-refractivity contribution < 1.29 is 24.6 Å². The summed E-state index contributed by atoms with van der Waals surface area (Å²) in [6.45, 7) is 0. The summed E-state index contributed by atoms with van der Waals surface area (Å²) in [4.78, 5) is 36.8. The molecule has 0 radical (unpaired) electrons. The molecule has 0 aromatic carbocycles. The van der Waals surface area contributed by atoms with Gasteiger partial charge in [-0.3, -0.25) is 14.6 Å². The van der Waals surface area contributed by atoms with Gasteiger partial charge in [-0.05, 0) is 12.5 Å². The number of carbonyl (C=O) groups excluding carboxylic acids is 1. The number of pyridine rings is 1. The van der Waals surface area contributed by atoms with Gasteiger partial charge in [0.05, 0.1) is 10.6 Å². The second kappa shape index (κ2) is 6.69. The van der Waals surface area contributed by atoms with Gasteiger partial charge in [0.2, 0.25) is 0 Å². The maximum Gasteiger partial charge on any atom is 0.326 e. The first kappa shape index (κ1) is 14.9. The summed E-state index contributed by atoms with van der Waals surface area (Å²) in [5.41, 5.74) is 0.0817. The Morgan fingerprint density at radius 1 is 1.37 bits per heavy atom. The fourth-order valence-electron chi connectivity index (χ4n) is 1.32. The molecule has 1 atom stereocenters. The average molecular weight is 287 g/mol. The van der Waals surface area contributed by atoms with Crippen LogP contribution in [0.4, 0.5) is 0 Å². The van der Waals surface area contributed by atoms with Gasteiger partial charge in [0, 0.05) is 18.8 Å². The van der Waals surface area contributed by atoms with Crippen LogP contribution in [0.1, 0.15) is 23.2 Å². The van der Waals surface area contributed by atoms with Gasteiger partial charge in [-0.15, -0.1) is 0 Å². The lowest BCUT2D eigenvalue weighted by Crippen LogP contribution is -2.41. The Morgan fingerprint density at radius 2 is 2.05 bits per heavy atom. The third-order valence-electron chi connectivity index (χ3n) is 2.27. The minimum Gasteiger partial charge on any atom is -0.481 e. The number of carboxylic acid groups (broad SMARTS) is 2. The summed E-state index contributed by atoms with van der Waals surface area (Å²) in [5, 5.41) is 19.7. The van der Waals surface area contributed by atoms with Crippen LogP contribution in [-0.4, -0.2) is 39.1 Å². The lowest BCUT2D eigenvalue weighted by molar-refractivity contribution is -0.140. The van der Waals surface area contributed by atoms with Crippen molar-refractivity contribution in [2.45, 2.75) is 18.9 Å². The Kier molecular flexibility index (Phi) is 5.25. The highest BCUT2D eigenvalue weighted by atomic mass is 35.5. The molecule has 8 heteroatoms. The van der Waals surface area contributed by atoms with E-state index in [0.29, 0.717) is 0 Å². The molecule has 0 saturated carbocycles. The van der Waals surface area contributed by atoms with Crippen LogP contribution >= 0.6 is 11.6 Å². The summed E-state index contributed by atoms with van der Waals surface area (Å²) >= 11 is 5.74. The summed E-state index contributed by atoms with van der Waals surface area (Å²) in [5.74, 6) is -3.13. The van der Waals surface area contributed by atoms with Gasteiger partial charge in [0.1, 0.15) is 6.04 Å². The molecule has 1 aromatic heterocycles. The third kappa shape index (κ3) is 4.55. The molecule has 1 heterocycles. The quantitative estimate of drug-likeness (QED) is 0.711. The molecule has 0 unspecified atom stereocenters. The highest BCUT2D eigenvalue weighted by molar-refractivity contribution is 6.33. The molecular weight excluding hydrogens is 276 g/mol. The van der Waals surface area contributed by atoms with E-state index in [1.807, 2.05) is 0 Å². The Morgan fingerprint density at radius 3 is 2.58 bits per heavy atom. The first-order valence-electron chi connectivity index (χ1n) is 5.26. The maximum atomic E-state index is 11.8. The van der Waals surface area contributed by atoms with E-state index in [-0.39, 0.29) is 23.4 Å². The van der Waals surface area contributed by atoms with Crippen molar-refractivity contribution in [3.63, 3.8) is 0 Å². The zero-order valence-electron chi connectivity index (χ0n) is 9.67. The molecule has 0 spiro atoms. The number of halogens is 1. The van der Waals surface area contributed by atoms with E-state index < -0.39 is 23.9 Å². The largest absolute Gasteiger partial charge is 0.481 e. The molecule has 0 aliphatic rings. The molecule has 0 aliphatic heterocycles. The Balaban J connectivity index is 2.74. The number of nitrogens with zero attached hydrogens (tertiary/aromatic N) is 1. The highest BCUT2D eigenvalue weighted by Crippen LogP contribution is 2.13. The van der Waals surface area contributed by atoms with Gasteiger partial charge in [-0.2, -0.15) is 0 Å².